The number of aldehydes is 1. The van der Waals surface area contributed by atoms with Crippen LogP contribution in [-0.2, 0) is 0 Å². The van der Waals surface area contributed by atoms with Crippen LogP contribution >= 0.6 is 0 Å². The summed E-state index contributed by atoms with van der Waals surface area (Å²) in [6.45, 7) is 4.10. The summed E-state index contributed by atoms with van der Waals surface area (Å²) in [5.41, 5.74) is 8.65. The fourth-order valence-corrected chi connectivity index (χ4v) is 3.75. The quantitative estimate of drug-likeness (QED) is 0.338. The maximum Gasteiger partial charge on any atom is 0.167 e. The number of fused-ring (bicyclic) bond motifs is 1. The molecule has 0 radical (unpaired) electrons. The Bertz CT molecular complexity index is 1380. The van der Waals surface area contributed by atoms with E-state index in [2.05, 4.69) is 31.2 Å². The van der Waals surface area contributed by atoms with Gasteiger partial charge in [-0.05, 0) is 19.9 Å². The molecule has 0 aliphatic rings. The second-order valence-corrected chi connectivity index (χ2v) is 7.74. The first-order valence-electron chi connectivity index (χ1n) is 10.2. The highest BCUT2D eigenvalue weighted by Gasteiger charge is 2.19. The maximum absolute atomic E-state index is 12.2. The number of hydrogen-bond donors (Lipinski definition) is 0. The van der Waals surface area contributed by atoms with Gasteiger partial charge in [0, 0.05) is 16.7 Å². The van der Waals surface area contributed by atoms with Crippen molar-refractivity contribution in [1.82, 2.24) is 14.6 Å². The summed E-state index contributed by atoms with van der Waals surface area (Å²) in [4.78, 5) is 17.1. The monoisotopic (exact) mass is 403 g/mol. The highest BCUT2D eigenvalue weighted by Crippen LogP contribution is 2.31. The first-order valence-corrected chi connectivity index (χ1v) is 10.2. The second-order valence-electron chi connectivity index (χ2n) is 7.74. The zero-order valence-electron chi connectivity index (χ0n) is 17.4. The Hall–Kier alpha value is -4.05. The van der Waals surface area contributed by atoms with E-state index in [0.29, 0.717) is 16.9 Å². The summed E-state index contributed by atoms with van der Waals surface area (Å²) in [6.07, 6.45) is 0.859. The third-order valence-corrected chi connectivity index (χ3v) is 5.48. The Labute approximate surface area is 180 Å². The number of aryl methyl sites for hydroxylation is 2. The Morgan fingerprint density at radius 3 is 1.97 bits per heavy atom. The molecule has 4 heteroatoms. The number of aromatic nitrogens is 3. The molecule has 2 aromatic heterocycles. The average molecular weight is 403 g/mol. The van der Waals surface area contributed by atoms with Crippen molar-refractivity contribution in [1.29, 1.82) is 0 Å². The average Bonchev–Trinajstić information content (AvgIpc) is 3.18. The van der Waals surface area contributed by atoms with Crippen LogP contribution in [0.4, 0.5) is 0 Å². The number of nitrogens with zero attached hydrogens (tertiary/aromatic N) is 3. The van der Waals surface area contributed by atoms with Gasteiger partial charge in [0.1, 0.15) is 5.69 Å². The van der Waals surface area contributed by atoms with Gasteiger partial charge >= 0.3 is 0 Å². The normalized spacial score (nSPS) is 11.0. The first-order chi connectivity index (χ1) is 15.1. The smallest absolute Gasteiger partial charge is 0.167 e. The van der Waals surface area contributed by atoms with Crippen LogP contribution in [0.3, 0.4) is 0 Å². The molecule has 5 rings (SSSR count). The third kappa shape index (κ3) is 3.42. The van der Waals surface area contributed by atoms with Gasteiger partial charge in [-0.2, -0.15) is 5.10 Å². The van der Waals surface area contributed by atoms with Crippen molar-refractivity contribution in [2.75, 3.05) is 0 Å². The second kappa shape index (κ2) is 7.65. The van der Waals surface area contributed by atoms with Crippen LogP contribution in [0.25, 0.3) is 39.4 Å². The Kier molecular flexibility index (Phi) is 4.68. The fraction of sp³-hybridized carbons (Fsp3) is 0.0741. The fourth-order valence-electron chi connectivity index (χ4n) is 3.75. The zero-order valence-corrected chi connectivity index (χ0v) is 17.4. The minimum atomic E-state index is 0.495. The molecule has 31 heavy (non-hydrogen) atoms. The lowest BCUT2D eigenvalue weighted by Gasteiger charge is -2.09. The van der Waals surface area contributed by atoms with Crippen LogP contribution in [-0.4, -0.2) is 20.9 Å². The van der Waals surface area contributed by atoms with Gasteiger partial charge < -0.3 is 0 Å². The Morgan fingerprint density at radius 1 is 0.742 bits per heavy atom. The number of carbonyl (C=O) groups is 1. The van der Waals surface area contributed by atoms with Crippen LogP contribution in [0.5, 0.6) is 0 Å². The molecule has 0 bridgehead atoms. The van der Waals surface area contributed by atoms with Crippen molar-refractivity contribution >= 4 is 11.9 Å². The molecule has 2 heterocycles. The van der Waals surface area contributed by atoms with Crippen molar-refractivity contribution in [2.45, 2.75) is 13.8 Å². The van der Waals surface area contributed by atoms with Gasteiger partial charge in [-0.1, -0.05) is 90.0 Å². The van der Waals surface area contributed by atoms with Crippen molar-refractivity contribution in [3.63, 3.8) is 0 Å². The van der Waals surface area contributed by atoms with Crippen molar-refractivity contribution < 1.29 is 4.79 Å². The van der Waals surface area contributed by atoms with Crippen LogP contribution in [0, 0.1) is 13.8 Å². The SMILES string of the molecule is Cc1ccc(-c2cc(-c3ccccc3)n3nc(-c4ccc(C)cc4)c(C=O)c3n2)cc1. The zero-order chi connectivity index (χ0) is 21.4. The molecule has 150 valence electrons. The lowest BCUT2D eigenvalue weighted by atomic mass is 10.1. The molecule has 0 N–H and O–H groups in total. The molecule has 5 aromatic rings. The summed E-state index contributed by atoms with van der Waals surface area (Å²) in [5.74, 6) is 0. The van der Waals surface area contributed by atoms with Crippen LogP contribution in [0.2, 0.25) is 0 Å². The van der Waals surface area contributed by atoms with Crippen molar-refractivity contribution in [3.8, 4) is 33.8 Å². The molecule has 0 saturated heterocycles. The van der Waals surface area contributed by atoms with E-state index >= 15 is 0 Å². The largest absolute Gasteiger partial charge is 0.298 e. The van der Waals surface area contributed by atoms with Gasteiger partial charge in [0.2, 0.25) is 0 Å². The lowest BCUT2D eigenvalue weighted by Crippen LogP contribution is -1.99. The molecule has 0 spiro atoms. The summed E-state index contributed by atoms with van der Waals surface area (Å²) >= 11 is 0. The van der Waals surface area contributed by atoms with Gasteiger partial charge in [0.05, 0.1) is 17.0 Å². The van der Waals surface area contributed by atoms with E-state index in [1.165, 1.54) is 5.56 Å². The van der Waals surface area contributed by atoms with Crippen LogP contribution in [0.15, 0.2) is 84.9 Å². The molecule has 0 fully saturated rings. The maximum atomic E-state index is 12.2. The van der Waals surface area contributed by atoms with E-state index < -0.39 is 0 Å². The van der Waals surface area contributed by atoms with Gasteiger partial charge in [0.25, 0.3) is 0 Å². The molecular weight excluding hydrogens is 382 g/mol. The summed E-state index contributed by atoms with van der Waals surface area (Å²) < 4.78 is 1.78. The van der Waals surface area contributed by atoms with E-state index in [1.54, 1.807) is 4.52 Å². The molecule has 0 atom stereocenters. The molecule has 0 aliphatic heterocycles. The third-order valence-electron chi connectivity index (χ3n) is 5.48. The standard InChI is InChI=1S/C27H21N3O/c1-18-8-12-20(13-9-18)24-16-25(21-6-4-3-5-7-21)30-27(28-24)23(17-31)26(29-30)22-14-10-19(2)11-15-22/h3-17H,1-2H3. The number of benzene rings is 3. The number of hydrogen-bond acceptors (Lipinski definition) is 3. The van der Waals surface area contributed by atoms with Crippen LogP contribution < -0.4 is 0 Å². The molecule has 0 unspecified atom stereocenters. The molecular formula is C27H21N3O. The lowest BCUT2D eigenvalue weighted by molar-refractivity contribution is 0.112. The topological polar surface area (TPSA) is 47.3 Å². The predicted octanol–water partition coefficient (Wildman–Crippen LogP) is 6.16. The Morgan fingerprint density at radius 2 is 1.35 bits per heavy atom. The highest BCUT2D eigenvalue weighted by molar-refractivity contribution is 5.94. The van der Waals surface area contributed by atoms with E-state index in [0.717, 1.165) is 39.9 Å². The van der Waals surface area contributed by atoms with Crippen molar-refractivity contribution in [2.24, 2.45) is 0 Å². The van der Waals surface area contributed by atoms with Gasteiger partial charge in [-0.3, -0.25) is 4.79 Å². The molecule has 0 saturated carbocycles. The summed E-state index contributed by atoms with van der Waals surface area (Å²) in [5, 5.41) is 4.83. The van der Waals surface area contributed by atoms with Crippen LogP contribution in [0.1, 0.15) is 21.5 Å². The molecule has 0 aliphatic carbocycles. The molecule has 3 aromatic carbocycles. The van der Waals surface area contributed by atoms with E-state index in [1.807, 2.05) is 67.6 Å². The summed E-state index contributed by atoms with van der Waals surface area (Å²) in [6, 6.07) is 28.4. The predicted molar refractivity (Wildman–Crippen MR) is 124 cm³/mol. The Balaban J connectivity index is 1.83. The van der Waals surface area contributed by atoms with Gasteiger partial charge in [-0.25, -0.2) is 9.50 Å². The summed E-state index contributed by atoms with van der Waals surface area (Å²) in [7, 11) is 0. The van der Waals surface area contributed by atoms with E-state index in [-0.39, 0.29) is 0 Å². The minimum absolute atomic E-state index is 0.495. The van der Waals surface area contributed by atoms with E-state index in [9.17, 15) is 4.79 Å². The van der Waals surface area contributed by atoms with Gasteiger partial charge in [0.15, 0.2) is 11.9 Å². The van der Waals surface area contributed by atoms with Crippen molar-refractivity contribution in [3.05, 3.63) is 102 Å². The number of rotatable bonds is 4. The van der Waals surface area contributed by atoms with E-state index in [4.69, 9.17) is 10.1 Å². The molecule has 4 nitrogen and oxygen atoms in total. The molecule has 0 amide bonds. The highest BCUT2D eigenvalue weighted by atomic mass is 16.1. The number of carbonyl (C=O) groups excluding carboxylic acids is 1. The minimum Gasteiger partial charge on any atom is -0.298 e. The van der Waals surface area contributed by atoms with Gasteiger partial charge in [-0.15, -0.1) is 0 Å². The first kappa shape index (κ1) is 18.9.